The minimum atomic E-state index is -0.567. The molecular formula is C29H29FN6O4. The topological polar surface area (TPSA) is 138 Å². The summed E-state index contributed by atoms with van der Waals surface area (Å²) in [4.78, 5) is 35.4. The monoisotopic (exact) mass is 544 g/mol. The molecule has 1 heterocycles. The molecule has 1 atom stereocenters. The Morgan fingerprint density at radius 2 is 1.50 bits per heavy atom. The molecule has 3 amide bonds. The normalized spacial score (nSPS) is 11.5. The summed E-state index contributed by atoms with van der Waals surface area (Å²) in [5, 5.41) is 22.8. The first-order valence-electron chi connectivity index (χ1n) is 12.6. The van der Waals surface area contributed by atoms with E-state index in [0.717, 1.165) is 22.3 Å². The zero-order chi connectivity index (χ0) is 28.5. The molecule has 1 unspecified atom stereocenters. The summed E-state index contributed by atoms with van der Waals surface area (Å²) in [6, 6.07) is 20.6. The van der Waals surface area contributed by atoms with Crippen molar-refractivity contribution in [2.75, 3.05) is 0 Å². The molecule has 0 aliphatic carbocycles. The summed E-state index contributed by atoms with van der Waals surface area (Å²) in [6.45, 7) is 2.05. The second-order valence-corrected chi connectivity index (χ2v) is 9.28. The number of rotatable bonds is 11. The predicted molar refractivity (Wildman–Crippen MR) is 144 cm³/mol. The lowest BCUT2D eigenvalue weighted by Gasteiger charge is -2.16. The summed E-state index contributed by atoms with van der Waals surface area (Å²) in [5.74, 6) is -1.46. The highest BCUT2D eigenvalue weighted by Crippen LogP contribution is 2.23. The average Bonchev–Trinajstić information content (AvgIpc) is 3.44. The second-order valence-electron chi connectivity index (χ2n) is 9.28. The van der Waals surface area contributed by atoms with Gasteiger partial charge in [-0.2, -0.15) is 0 Å². The van der Waals surface area contributed by atoms with Gasteiger partial charge < -0.3 is 10.6 Å². The van der Waals surface area contributed by atoms with Crippen molar-refractivity contribution >= 4 is 17.7 Å². The van der Waals surface area contributed by atoms with Crippen molar-refractivity contribution in [3.63, 3.8) is 0 Å². The summed E-state index contributed by atoms with van der Waals surface area (Å²) in [7, 11) is 0. The van der Waals surface area contributed by atoms with Gasteiger partial charge in [-0.15, -0.1) is 5.10 Å². The molecular weight excluding hydrogens is 515 g/mol. The maximum Gasteiger partial charge on any atom is 0.251 e. The van der Waals surface area contributed by atoms with Gasteiger partial charge in [0.1, 0.15) is 11.5 Å². The molecule has 0 aliphatic heterocycles. The molecule has 0 fully saturated rings. The van der Waals surface area contributed by atoms with Crippen molar-refractivity contribution in [2.45, 2.75) is 38.9 Å². The van der Waals surface area contributed by atoms with Crippen molar-refractivity contribution in [2.24, 2.45) is 0 Å². The summed E-state index contributed by atoms with van der Waals surface area (Å²) < 4.78 is 14.6. The SMILES string of the molecule is CC(=O)NCc1ccc(-c2ccc(CC(CC(=O)NO)n3cc(CNC(=O)c4ccc(F)cc4)nn3)cc2)cc1. The fourth-order valence-corrected chi connectivity index (χ4v) is 4.11. The Morgan fingerprint density at radius 1 is 0.875 bits per heavy atom. The molecule has 4 N–H and O–H groups in total. The van der Waals surface area contributed by atoms with Gasteiger partial charge in [0.15, 0.2) is 0 Å². The fourth-order valence-electron chi connectivity index (χ4n) is 4.11. The lowest BCUT2D eigenvalue weighted by molar-refractivity contribution is -0.130. The van der Waals surface area contributed by atoms with E-state index in [1.54, 1.807) is 11.7 Å². The van der Waals surface area contributed by atoms with Crippen LogP contribution >= 0.6 is 0 Å². The molecule has 0 bridgehead atoms. The van der Waals surface area contributed by atoms with Gasteiger partial charge in [-0.25, -0.2) is 14.6 Å². The summed E-state index contributed by atoms with van der Waals surface area (Å²) >= 11 is 0. The van der Waals surface area contributed by atoms with Gasteiger partial charge in [0.2, 0.25) is 11.8 Å². The van der Waals surface area contributed by atoms with Gasteiger partial charge in [-0.1, -0.05) is 53.7 Å². The Hall–Kier alpha value is -4.90. The molecule has 0 saturated heterocycles. The van der Waals surface area contributed by atoms with Crippen LogP contribution in [0.15, 0.2) is 79.0 Å². The number of halogens is 1. The van der Waals surface area contributed by atoms with Crippen LogP contribution in [0.4, 0.5) is 4.39 Å². The van der Waals surface area contributed by atoms with Crippen LogP contribution in [0.3, 0.4) is 0 Å². The first-order valence-corrected chi connectivity index (χ1v) is 12.6. The lowest BCUT2D eigenvalue weighted by Crippen LogP contribution is -2.25. The molecule has 1 aromatic heterocycles. The Morgan fingerprint density at radius 3 is 2.10 bits per heavy atom. The number of carbonyl (C=O) groups excluding carboxylic acids is 3. The number of amides is 3. The van der Waals surface area contributed by atoms with Crippen molar-refractivity contribution in [1.82, 2.24) is 31.1 Å². The van der Waals surface area contributed by atoms with E-state index < -0.39 is 17.8 Å². The van der Waals surface area contributed by atoms with Gasteiger partial charge in [-0.05, 0) is 52.9 Å². The van der Waals surface area contributed by atoms with Crippen LogP contribution < -0.4 is 16.1 Å². The number of hydrogen-bond acceptors (Lipinski definition) is 6. The third-order valence-corrected chi connectivity index (χ3v) is 6.27. The highest BCUT2D eigenvalue weighted by atomic mass is 19.1. The first kappa shape index (κ1) is 28.1. The number of aromatic nitrogens is 3. The highest BCUT2D eigenvalue weighted by Gasteiger charge is 2.19. The van der Waals surface area contributed by atoms with E-state index in [-0.39, 0.29) is 24.8 Å². The van der Waals surface area contributed by atoms with E-state index in [1.807, 2.05) is 48.5 Å². The third kappa shape index (κ3) is 7.81. The standard InChI is InChI=1S/C29H29FN6O4/c1-19(37)31-16-21-4-8-23(9-5-21)22-6-2-20(3-7-22)14-27(15-28(38)34-40)36-18-26(33-35-36)17-32-29(39)24-10-12-25(30)13-11-24/h2-13,18,27,40H,14-17H2,1H3,(H,31,37)(H,32,39)(H,34,38). The van der Waals surface area contributed by atoms with E-state index in [1.165, 1.54) is 35.9 Å². The van der Waals surface area contributed by atoms with Crippen LogP contribution in [0, 0.1) is 5.82 Å². The van der Waals surface area contributed by atoms with Gasteiger partial charge in [-0.3, -0.25) is 19.6 Å². The van der Waals surface area contributed by atoms with Gasteiger partial charge in [0.25, 0.3) is 5.91 Å². The van der Waals surface area contributed by atoms with E-state index in [0.29, 0.717) is 24.2 Å². The maximum atomic E-state index is 13.1. The zero-order valence-electron chi connectivity index (χ0n) is 21.8. The quantitative estimate of drug-likeness (QED) is 0.169. The second kappa shape index (κ2) is 13.3. The summed E-state index contributed by atoms with van der Waals surface area (Å²) in [5.41, 5.74) is 6.44. The molecule has 0 spiro atoms. The molecule has 0 radical (unpaired) electrons. The van der Waals surface area contributed by atoms with Crippen molar-refractivity contribution in [3.05, 3.63) is 107 Å². The molecule has 40 heavy (non-hydrogen) atoms. The molecule has 206 valence electrons. The molecule has 4 rings (SSSR count). The minimum Gasteiger partial charge on any atom is -0.352 e. The van der Waals surface area contributed by atoms with Crippen LogP contribution in [0.1, 0.15) is 46.6 Å². The Kier molecular flexibility index (Phi) is 9.31. The highest BCUT2D eigenvalue weighted by molar-refractivity contribution is 5.94. The van der Waals surface area contributed by atoms with Gasteiger partial charge >= 0.3 is 0 Å². The van der Waals surface area contributed by atoms with Crippen molar-refractivity contribution in [1.29, 1.82) is 0 Å². The van der Waals surface area contributed by atoms with E-state index in [9.17, 15) is 18.8 Å². The van der Waals surface area contributed by atoms with Crippen LogP contribution in [0.5, 0.6) is 0 Å². The number of hydrogen-bond donors (Lipinski definition) is 4. The summed E-state index contributed by atoms with van der Waals surface area (Å²) in [6.07, 6.45) is 2.03. The van der Waals surface area contributed by atoms with Crippen LogP contribution in [-0.2, 0) is 29.1 Å². The molecule has 4 aromatic rings. The number of nitrogens with one attached hydrogen (secondary N) is 3. The Labute approximate surface area is 230 Å². The molecule has 0 aliphatic rings. The number of nitrogens with zero attached hydrogens (tertiary/aromatic N) is 3. The van der Waals surface area contributed by atoms with Crippen LogP contribution in [0.2, 0.25) is 0 Å². The minimum absolute atomic E-state index is 0.0429. The lowest BCUT2D eigenvalue weighted by atomic mass is 9.98. The molecule has 10 nitrogen and oxygen atoms in total. The number of carbonyl (C=O) groups is 3. The van der Waals surface area contributed by atoms with Gasteiger partial charge in [0.05, 0.1) is 25.2 Å². The zero-order valence-corrected chi connectivity index (χ0v) is 21.8. The third-order valence-electron chi connectivity index (χ3n) is 6.27. The number of benzene rings is 3. The number of hydroxylamine groups is 1. The van der Waals surface area contributed by atoms with Gasteiger partial charge in [0, 0.05) is 19.0 Å². The average molecular weight is 545 g/mol. The smallest absolute Gasteiger partial charge is 0.251 e. The largest absolute Gasteiger partial charge is 0.352 e. The van der Waals surface area contributed by atoms with Crippen LogP contribution in [0.25, 0.3) is 11.1 Å². The predicted octanol–water partition coefficient (Wildman–Crippen LogP) is 3.33. The maximum absolute atomic E-state index is 13.1. The van der Waals surface area contributed by atoms with E-state index >= 15 is 0 Å². The fraction of sp³-hybridized carbons (Fsp3) is 0.207. The Balaban J connectivity index is 1.41. The van der Waals surface area contributed by atoms with Crippen molar-refractivity contribution < 1.29 is 24.0 Å². The first-order chi connectivity index (χ1) is 19.3. The molecule has 3 aromatic carbocycles. The van der Waals surface area contributed by atoms with E-state index in [2.05, 4.69) is 20.9 Å². The van der Waals surface area contributed by atoms with Crippen LogP contribution in [-0.4, -0.2) is 37.9 Å². The van der Waals surface area contributed by atoms with Crippen molar-refractivity contribution in [3.8, 4) is 11.1 Å². The molecule has 11 heteroatoms. The molecule has 0 saturated carbocycles. The van der Waals surface area contributed by atoms with E-state index in [4.69, 9.17) is 5.21 Å². The Bertz CT molecular complexity index is 1450.